The van der Waals surface area contributed by atoms with Crippen LogP contribution in [0.2, 0.25) is 0 Å². The number of nitrogens with zero attached hydrogens (tertiary/aromatic N) is 1. The van der Waals surface area contributed by atoms with Crippen LogP contribution in [0.15, 0.2) is 0 Å². The Bertz CT molecular complexity index is 397. The summed E-state index contributed by atoms with van der Waals surface area (Å²) >= 11 is 0. The molecule has 7 nitrogen and oxygen atoms in total. The van der Waals surface area contributed by atoms with E-state index in [2.05, 4.69) is 5.32 Å². The van der Waals surface area contributed by atoms with Crippen molar-refractivity contribution in [3.8, 4) is 0 Å². The van der Waals surface area contributed by atoms with Gasteiger partial charge >= 0.3 is 5.97 Å². The van der Waals surface area contributed by atoms with E-state index in [0.717, 1.165) is 0 Å². The number of carbonyl (C=O) groups is 3. The van der Waals surface area contributed by atoms with Gasteiger partial charge in [-0.05, 0) is 12.3 Å². The quantitative estimate of drug-likeness (QED) is 0.662. The fourth-order valence-corrected chi connectivity index (χ4v) is 2.35. The Morgan fingerprint density at radius 2 is 2.14 bits per heavy atom. The lowest BCUT2D eigenvalue weighted by atomic mass is 10.0. The van der Waals surface area contributed by atoms with Crippen molar-refractivity contribution in [1.82, 2.24) is 10.2 Å². The Balaban J connectivity index is 2.55. The molecule has 0 bridgehead atoms. The molecule has 0 aliphatic carbocycles. The lowest BCUT2D eigenvalue weighted by molar-refractivity contribution is -0.142. The fraction of sp³-hybridized carbons (Fsp3) is 0.786. The zero-order valence-corrected chi connectivity index (χ0v) is 12.8. The van der Waals surface area contributed by atoms with Crippen molar-refractivity contribution in [2.75, 3.05) is 26.8 Å². The molecule has 1 saturated heterocycles. The lowest BCUT2D eigenvalue weighted by Crippen LogP contribution is -2.45. The summed E-state index contributed by atoms with van der Waals surface area (Å²) in [5.41, 5.74) is 0. The van der Waals surface area contributed by atoms with Gasteiger partial charge in [0.05, 0.1) is 12.5 Å². The predicted molar refractivity (Wildman–Crippen MR) is 75.6 cm³/mol. The number of aliphatic carboxylic acids is 1. The summed E-state index contributed by atoms with van der Waals surface area (Å²) in [4.78, 5) is 36.6. The van der Waals surface area contributed by atoms with E-state index in [0.29, 0.717) is 26.1 Å². The summed E-state index contributed by atoms with van der Waals surface area (Å²) in [7, 11) is 1.55. The third kappa shape index (κ3) is 5.34. The van der Waals surface area contributed by atoms with Crippen LogP contribution in [0.1, 0.15) is 26.7 Å². The first kappa shape index (κ1) is 17.4. The zero-order valence-electron chi connectivity index (χ0n) is 12.8. The fourth-order valence-electron chi connectivity index (χ4n) is 2.35. The normalized spacial score (nSPS) is 19.9. The molecule has 1 aliphatic heterocycles. The Labute approximate surface area is 124 Å². The minimum atomic E-state index is -1.04. The molecule has 7 heteroatoms. The van der Waals surface area contributed by atoms with Crippen molar-refractivity contribution in [3.63, 3.8) is 0 Å². The van der Waals surface area contributed by atoms with Crippen molar-refractivity contribution in [3.05, 3.63) is 0 Å². The number of hydrogen-bond donors (Lipinski definition) is 2. The van der Waals surface area contributed by atoms with Crippen LogP contribution in [0.4, 0.5) is 0 Å². The molecular weight excluding hydrogens is 276 g/mol. The average Bonchev–Trinajstić information content (AvgIpc) is 2.76. The van der Waals surface area contributed by atoms with E-state index in [-0.39, 0.29) is 24.2 Å². The van der Waals surface area contributed by atoms with E-state index in [1.54, 1.807) is 12.0 Å². The number of ether oxygens (including phenoxy) is 1. The van der Waals surface area contributed by atoms with Crippen molar-refractivity contribution < 1.29 is 24.2 Å². The van der Waals surface area contributed by atoms with Gasteiger partial charge in [-0.3, -0.25) is 9.59 Å². The highest BCUT2D eigenvalue weighted by molar-refractivity contribution is 5.91. The van der Waals surface area contributed by atoms with Crippen molar-refractivity contribution >= 4 is 17.8 Å². The first-order valence-corrected chi connectivity index (χ1v) is 7.15. The first-order chi connectivity index (χ1) is 9.85. The van der Waals surface area contributed by atoms with Gasteiger partial charge in [0.1, 0.15) is 6.04 Å². The van der Waals surface area contributed by atoms with Gasteiger partial charge in [-0.25, -0.2) is 4.79 Å². The van der Waals surface area contributed by atoms with Gasteiger partial charge in [-0.2, -0.15) is 0 Å². The average molecular weight is 300 g/mol. The summed E-state index contributed by atoms with van der Waals surface area (Å²) in [6.07, 6.45) is 0.499. The third-order valence-electron chi connectivity index (χ3n) is 3.47. The number of carbonyl (C=O) groups excluding carboxylic acids is 2. The molecule has 21 heavy (non-hydrogen) atoms. The molecule has 0 saturated carbocycles. The molecule has 120 valence electrons. The molecule has 1 rings (SSSR count). The highest BCUT2D eigenvalue weighted by Crippen LogP contribution is 2.18. The predicted octanol–water partition coefficient (Wildman–Crippen LogP) is 0.0968. The zero-order chi connectivity index (χ0) is 16.0. The second kappa shape index (κ2) is 7.97. The number of rotatable bonds is 8. The Hall–Kier alpha value is -1.63. The van der Waals surface area contributed by atoms with E-state index >= 15 is 0 Å². The summed E-state index contributed by atoms with van der Waals surface area (Å²) in [5, 5.41) is 11.7. The molecule has 0 unspecified atom stereocenters. The summed E-state index contributed by atoms with van der Waals surface area (Å²) in [6.45, 7) is 4.99. The Kier molecular flexibility index (Phi) is 6.61. The van der Waals surface area contributed by atoms with Crippen LogP contribution >= 0.6 is 0 Å². The van der Waals surface area contributed by atoms with E-state index in [1.807, 2.05) is 13.8 Å². The number of methoxy groups -OCH3 is 1. The van der Waals surface area contributed by atoms with Crippen LogP contribution in [-0.2, 0) is 19.1 Å². The number of nitrogens with one attached hydrogen (secondary N) is 1. The minimum absolute atomic E-state index is 0.0945. The van der Waals surface area contributed by atoms with Crippen molar-refractivity contribution in [1.29, 1.82) is 0 Å². The van der Waals surface area contributed by atoms with Gasteiger partial charge in [0, 0.05) is 26.6 Å². The molecule has 0 aromatic rings. The molecule has 0 spiro atoms. The van der Waals surface area contributed by atoms with Crippen LogP contribution in [0.3, 0.4) is 0 Å². The molecule has 2 amide bonds. The van der Waals surface area contributed by atoms with Gasteiger partial charge in [0.25, 0.3) is 0 Å². The highest BCUT2D eigenvalue weighted by atomic mass is 16.5. The molecule has 0 aromatic heterocycles. The molecule has 2 atom stereocenters. The topological polar surface area (TPSA) is 95.9 Å². The standard InChI is InChI=1S/C14H24N2O5/c1-9(2)6-11(14(19)20)15-13(18)10-7-12(17)16(8-10)4-5-21-3/h9-11H,4-8H2,1-3H3,(H,15,18)(H,19,20)/t10-,11-/m0/s1. The maximum Gasteiger partial charge on any atom is 0.326 e. The van der Waals surface area contributed by atoms with Crippen LogP contribution < -0.4 is 5.32 Å². The Morgan fingerprint density at radius 1 is 1.48 bits per heavy atom. The maximum atomic E-state index is 12.1. The molecule has 0 aromatic carbocycles. The SMILES string of the molecule is COCCN1C[C@@H](C(=O)N[C@@H](CC(C)C)C(=O)O)CC1=O. The lowest BCUT2D eigenvalue weighted by Gasteiger charge is -2.19. The molecule has 1 fully saturated rings. The van der Waals surface area contributed by atoms with Crippen molar-refractivity contribution in [2.24, 2.45) is 11.8 Å². The van der Waals surface area contributed by atoms with Crippen molar-refractivity contribution in [2.45, 2.75) is 32.7 Å². The Morgan fingerprint density at radius 3 is 2.67 bits per heavy atom. The van der Waals surface area contributed by atoms with Gasteiger partial charge in [-0.15, -0.1) is 0 Å². The summed E-state index contributed by atoms with van der Waals surface area (Å²) < 4.78 is 4.92. The second-order valence-electron chi connectivity index (χ2n) is 5.76. The third-order valence-corrected chi connectivity index (χ3v) is 3.47. The smallest absolute Gasteiger partial charge is 0.326 e. The van der Waals surface area contributed by atoms with Gasteiger partial charge < -0.3 is 20.1 Å². The number of likely N-dealkylation sites (tertiary alicyclic amines) is 1. The minimum Gasteiger partial charge on any atom is -0.480 e. The monoisotopic (exact) mass is 300 g/mol. The van der Waals surface area contributed by atoms with Crippen LogP contribution in [0, 0.1) is 11.8 Å². The largest absolute Gasteiger partial charge is 0.480 e. The molecule has 1 aliphatic rings. The molecule has 1 heterocycles. The van der Waals surface area contributed by atoms with E-state index in [4.69, 9.17) is 9.84 Å². The van der Waals surface area contributed by atoms with E-state index < -0.39 is 17.9 Å². The molecule has 2 N–H and O–H groups in total. The van der Waals surface area contributed by atoms with Crippen LogP contribution in [0.5, 0.6) is 0 Å². The van der Waals surface area contributed by atoms with Gasteiger partial charge in [0.2, 0.25) is 11.8 Å². The summed E-state index contributed by atoms with van der Waals surface area (Å²) in [5.74, 6) is -1.82. The van der Waals surface area contributed by atoms with E-state index in [1.165, 1.54) is 0 Å². The van der Waals surface area contributed by atoms with E-state index in [9.17, 15) is 14.4 Å². The second-order valence-corrected chi connectivity index (χ2v) is 5.76. The highest BCUT2D eigenvalue weighted by Gasteiger charge is 2.35. The molecular formula is C14H24N2O5. The molecule has 0 radical (unpaired) electrons. The van der Waals surface area contributed by atoms with Gasteiger partial charge in [0.15, 0.2) is 0 Å². The van der Waals surface area contributed by atoms with Crippen LogP contribution in [0.25, 0.3) is 0 Å². The van der Waals surface area contributed by atoms with Gasteiger partial charge in [-0.1, -0.05) is 13.8 Å². The maximum absolute atomic E-state index is 12.1. The number of carboxylic acid groups (broad SMARTS) is 1. The number of carboxylic acids is 1. The van der Waals surface area contributed by atoms with Crippen LogP contribution in [-0.4, -0.2) is 60.6 Å². The summed E-state index contributed by atoms with van der Waals surface area (Å²) in [6, 6.07) is -0.902. The number of amides is 2. The number of hydrogen-bond acceptors (Lipinski definition) is 4. The first-order valence-electron chi connectivity index (χ1n) is 7.15.